The van der Waals surface area contributed by atoms with Crippen molar-refractivity contribution in [2.24, 2.45) is 0 Å². The second-order valence-electron chi connectivity index (χ2n) is 4.02. The van der Waals surface area contributed by atoms with Crippen LogP contribution in [-0.2, 0) is 6.54 Å². The largest absolute Gasteiger partial charge is 0.381 e. The van der Waals surface area contributed by atoms with E-state index in [0.717, 1.165) is 29.2 Å². The van der Waals surface area contributed by atoms with Gasteiger partial charge in [0.05, 0.1) is 5.69 Å². The summed E-state index contributed by atoms with van der Waals surface area (Å²) in [7, 11) is 0. The lowest BCUT2D eigenvalue weighted by molar-refractivity contribution is 0.392. The Kier molecular flexibility index (Phi) is 2.95. The monoisotopic (exact) mass is 216 g/mol. The predicted molar refractivity (Wildman–Crippen MR) is 64.5 cm³/mol. The maximum absolute atomic E-state index is 5.11. The highest BCUT2D eigenvalue weighted by Gasteiger charge is 2.07. The smallest absolute Gasteiger partial charge is 0.138 e. The van der Waals surface area contributed by atoms with E-state index >= 15 is 0 Å². The van der Waals surface area contributed by atoms with Crippen molar-refractivity contribution < 1.29 is 4.52 Å². The molecule has 0 bridgehead atoms. The molecule has 16 heavy (non-hydrogen) atoms. The summed E-state index contributed by atoms with van der Waals surface area (Å²) in [4.78, 5) is 0. The number of rotatable bonds is 3. The number of anilines is 1. The maximum atomic E-state index is 5.11. The van der Waals surface area contributed by atoms with Gasteiger partial charge in [-0.1, -0.05) is 22.9 Å². The number of nitrogens with zero attached hydrogens (tertiary/aromatic N) is 1. The van der Waals surface area contributed by atoms with Gasteiger partial charge in [-0.15, -0.1) is 0 Å². The Bertz CT molecular complexity index is 452. The molecule has 0 saturated heterocycles. The van der Waals surface area contributed by atoms with E-state index in [1.54, 1.807) is 0 Å². The summed E-state index contributed by atoms with van der Waals surface area (Å²) in [6.45, 7) is 6.73. The molecule has 0 amide bonds. The fourth-order valence-corrected chi connectivity index (χ4v) is 1.62. The zero-order chi connectivity index (χ0) is 11.5. The lowest BCUT2D eigenvalue weighted by atomic mass is 10.2. The summed E-state index contributed by atoms with van der Waals surface area (Å²) < 4.78 is 5.11. The summed E-state index contributed by atoms with van der Waals surface area (Å²) >= 11 is 0. The highest BCUT2D eigenvalue weighted by atomic mass is 16.5. The number of nitrogens with one attached hydrogen (secondary N) is 1. The lowest BCUT2D eigenvalue weighted by Crippen LogP contribution is -2.01. The van der Waals surface area contributed by atoms with Gasteiger partial charge in [-0.2, -0.15) is 0 Å². The standard InChI is InChI=1S/C13H16N2O/c1-9-4-6-12(7-5-9)14-8-13-10(2)15-16-11(13)3/h4-7,14H,8H2,1-3H3. The van der Waals surface area contributed by atoms with Gasteiger partial charge in [0.1, 0.15) is 5.76 Å². The molecule has 0 radical (unpaired) electrons. The SMILES string of the molecule is Cc1ccc(NCc2c(C)noc2C)cc1. The number of benzene rings is 1. The summed E-state index contributed by atoms with van der Waals surface area (Å²) in [5, 5.41) is 7.28. The van der Waals surface area contributed by atoms with Gasteiger partial charge in [-0.3, -0.25) is 0 Å². The molecule has 0 atom stereocenters. The van der Waals surface area contributed by atoms with E-state index < -0.39 is 0 Å². The molecule has 0 unspecified atom stereocenters. The second-order valence-corrected chi connectivity index (χ2v) is 4.02. The van der Waals surface area contributed by atoms with Crippen LogP contribution >= 0.6 is 0 Å². The summed E-state index contributed by atoms with van der Waals surface area (Å²) in [5.41, 5.74) is 4.48. The first-order valence-electron chi connectivity index (χ1n) is 5.39. The van der Waals surface area contributed by atoms with E-state index in [9.17, 15) is 0 Å². The Morgan fingerprint density at radius 1 is 1.12 bits per heavy atom. The van der Waals surface area contributed by atoms with E-state index in [2.05, 4.69) is 41.7 Å². The molecule has 1 aromatic carbocycles. The quantitative estimate of drug-likeness (QED) is 0.856. The van der Waals surface area contributed by atoms with Gasteiger partial charge in [-0.05, 0) is 32.9 Å². The molecule has 0 aliphatic carbocycles. The molecule has 3 nitrogen and oxygen atoms in total. The average Bonchev–Trinajstić information content (AvgIpc) is 2.59. The van der Waals surface area contributed by atoms with E-state index in [-0.39, 0.29) is 0 Å². The first-order chi connectivity index (χ1) is 7.66. The number of hydrogen-bond acceptors (Lipinski definition) is 3. The molecule has 0 fully saturated rings. The van der Waals surface area contributed by atoms with Gasteiger partial charge < -0.3 is 9.84 Å². The van der Waals surface area contributed by atoms with Crippen LogP contribution < -0.4 is 5.32 Å². The van der Waals surface area contributed by atoms with E-state index in [1.165, 1.54) is 5.56 Å². The molecule has 3 heteroatoms. The Balaban J connectivity index is 2.05. The number of hydrogen-bond donors (Lipinski definition) is 1. The average molecular weight is 216 g/mol. The molecule has 1 heterocycles. The summed E-state index contributed by atoms with van der Waals surface area (Å²) in [5.74, 6) is 0.886. The van der Waals surface area contributed by atoms with Crippen molar-refractivity contribution in [2.75, 3.05) is 5.32 Å². The minimum atomic E-state index is 0.754. The first kappa shape index (κ1) is 10.7. The van der Waals surface area contributed by atoms with Gasteiger partial charge >= 0.3 is 0 Å². The zero-order valence-electron chi connectivity index (χ0n) is 9.87. The predicted octanol–water partition coefficient (Wildman–Crippen LogP) is 3.21. The van der Waals surface area contributed by atoms with Crippen molar-refractivity contribution in [2.45, 2.75) is 27.3 Å². The minimum Gasteiger partial charge on any atom is -0.381 e. The molecule has 0 aliphatic heterocycles. The van der Waals surface area contributed by atoms with Crippen LogP contribution in [0.2, 0.25) is 0 Å². The molecule has 2 aromatic rings. The third-order valence-corrected chi connectivity index (χ3v) is 2.70. The van der Waals surface area contributed by atoms with Crippen molar-refractivity contribution in [3.8, 4) is 0 Å². The fraction of sp³-hybridized carbons (Fsp3) is 0.308. The number of aryl methyl sites for hydroxylation is 3. The van der Waals surface area contributed by atoms with Crippen molar-refractivity contribution in [1.29, 1.82) is 0 Å². The summed E-state index contributed by atoms with van der Waals surface area (Å²) in [6.07, 6.45) is 0. The van der Waals surface area contributed by atoms with Crippen molar-refractivity contribution in [3.05, 3.63) is 46.8 Å². The van der Waals surface area contributed by atoms with Crippen molar-refractivity contribution in [3.63, 3.8) is 0 Å². The van der Waals surface area contributed by atoms with E-state index in [1.807, 2.05) is 13.8 Å². The molecular weight excluding hydrogens is 200 g/mol. The van der Waals surface area contributed by atoms with Gasteiger partial charge in [-0.25, -0.2) is 0 Å². The molecule has 84 valence electrons. The first-order valence-corrected chi connectivity index (χ1v) is 5.39. The van der Waals surface area contributed by atoms with Crippen LogP contribution in [0.5, 0.6) is 0 Å². The van der Waals surface area contributed by atoms with Crippen LogP contribution in [0.1, 0.15) is 22.6 Å². The number of aromatic nitrogens is 1. The highest BCUT2D eigenvalue weighted by molar-refractivity contribution is 5.45. The molecule has 2 rings (SSSR count). The Hall–Kier alpha value is -1.77. The third-order valence-electron chi connectivity index (χ3n) is 2.70. The molecule has 0 aliphatic rings. The van der Waals surface area contributed by atoms with Crippen LogP contribution in [0.15, 0.2) is 28.8 Å². The third kappa shape index (κ3) is 2.24. The van der Waals surface area contributed by atoms with Crippen molar-refractivity contribution in [1.82, 2.24) is 5.16 Å². The molecule has 0 saturated carbocycles. The van der Waals surface area contributed by atoms with Crippen LogP contribution in [0, 0.1) is 20.8 Å². The summed E-state index contributed by atoms with van der Waals surface area (Å²) in [6, 6.07) is 8.34. The van der Waals surface area contributed by atoms with E-state index in [4.69, 9.17) is 4.52 Å². The second kappa shape index (κ2) is 4.39. The normalized spacial score (nSPS) is 10.4. The van der Waals surface area contributed by atoms with Crippen LogP contribution in [-0.4, -0.2) is 5.16 Å². The maximum Gasteiger partial charge on any atom is 0.138 e. The van der Waals surface area contributed by atoms with Gasteiger partial charge in [0.15, 0.2) is 0 Å². The molecule has 1 N–H and O–H groups in total. The minimum absolute atomic E-state index is 0.754. The highest BCUT2D eigenvalue weighted by Crippen LogP contribution is 2.15. The molecular formula is C13H16N2O. The Morgan fingerprint density at radius 2 is 1.81 bits per heavy atom. The Labute approximate surface area is 95.5 Å². The topological polar surface area (TPSA) is 38.1 Å². The molecule has 1 aromatic heterocycles. The lowest BCUT2D eigenvalue weighted by Gasteiger charge is -2.06. The zero-order valence-corrected chi connectivity index (χ0v) is 9.87. The fourth-order valence-electron chi connectivity index (χ4n) is 1.62. The van der Waals surface area contributed by atoms with Crippen LogP contribution in [0.25, 0.3) is 0 Å². The van der Waals surface area contributed by atoms with Gasteiger partial charge in [0.25, 0.3) is 0 Å². The Morgan fingerprint density at radius 3 is 2.38 bits per heavy atom. The van der Waals surface area contributed by atoms with E-state index in [0.29, 0.717) is 0 Å². The molecule has 0 spiro atoms. The van der Waals surface area contributed by atoms with Crippen LogP contribution in [0.3, 0.4) is 0 Å². The van der Waals surface area contributed by atoms with Crippen LogP contribution in [0.4, 0.5) is 5.69 Å². The van der Waals surface area contributed by atoms with Crippen molar-refractivity contribution >= 4 is 5.69 Å². The van der Waals surface area contributed by atoms with Gasteiger partial charge in [0, 0.05) is 17.8 Å². The van der Waals surface area contributed by atoms with Gasteiger partial charge in [0.2, 0.25) is 0 Å².